The van der Waals surface area contributed by atoms with Crippen LogP contribution in [0.2, 0.25) is 0 Å². The van der Waals surface area contributed by atoms with Crippen molar-refractivity contribution in [3.8, 4) is 0 Å². The first-order valence-electron chi connectivity index (χ1n) is 5.73. The molecule has 0 spiro atoms. The highest BCUT2D eigenvalue weighted by Crippen LogP contribution is 2.44. The van der Waals surface area contributed by atoms with E-state index in [1.165, 1.54) is 11.5 Å². The molecule has 2 aliphatic carbocycles. The molecule has 7 heteroatoms. The van der Waals surface area contributed by atoms with Gasteiger partial charge < -0.3 is 10.6 Å². The Morgan fingerprint density at radius 1 is 1.35 bits per heavy atom. The van der Waals surface area contributed by atoms with E-state index < -0.39 is 9.84 Å². The molecule has 0 radical (unpaired) electrons. The van der Waals surface area contributed by atoms with E-state index in [1.54, 1.807) is 0 Å². The van der Waals surface area contributed by atoms with Crippen LogP contribution in [0.25, 0.3) is 0 Å². The highest BCUT2D eigenvalue weighted by molar-refractivity contribution is 7.92. The highest BCUT2D eigenvalue weighted by Gasteiger charge is 2.42. The summed E-state index contributed by atoms with van der Waals surface area (Å²) in [4.78, 5) is 2.29. The minimum Gasteiger partial charge on any atom is -0.382 e. The van der Waals surface area contributed by atoms with Gasteiger partial charge in [-0.15, -0.1) is 0 Å². The molecule has 5 nitrogen and oxygen atoms in total. The summed E-state index contributed by atoms with van der Waals surface area (Å²) in [6.07, 6.45) is 3.75. The summed E-state index contributed by atoms with van der Waals surface area (Å²) < 4.78 is 28.6. The summed E-state index contributed by atoms with van der Waals surface area (Å²) in [5.41, 5.74) is 5.74. The summed E-state index contributed by atoms with van der Waals surface area (Å²) in [5, 5.41) is 0.490. The third kappa shape index (κ3) is 1.81. The van der Waals surface area contributed by atoms with Crippen molar-refractivity contribution in [2.45, 2.75) is 41.9 Å². The lowest BCUT2D eigenvalue weighted by molar-refractivity contribution is 0.595. The Balaban J connectivity index is 2.05. The smallest absolute Gasteiger partial charge is 0.187 e. The molecule has 1 heterocycles. The molecule has 0 saturated heterocycles. The van der Waals surface area contributed by atoms with Gasteiger partial charge in [0, 0.05) is 13.1 Å². The maximum absolute atomic E-state index is 12.3. The monoisotopic (exact) mass is 273 g/mol. The van der Waals surface area contributed by atoms with Crippen LogP contribution in [0.1, 0.15) is 25.7 Å². The van der Waals surface area contributed by atoms with E-state index in [1.807, 2.05) is 11.9 Å². The van der Waals surface area contributed by atoms with Gasteiger partial charge in [0.2, 0.25) is 0 Å². The van der Waals surface area contributed by atoms with Crippen LogP contribution in [0.4, 0.5) is 10.8 Å². The first-order valence-corrected chi connectivity index (χ1v) is 8.05. The van der Waals surface area contributed by atoms with Crippen LogP contribution < -0.4 is 10.6 Å². The van der Waals surface area contributed by atoms with E-state index in [9.17, 15) is 8.42 Å². The number of hydrogen-bond donors (Lipinski definition) is 1. The van der Waals surface area contributed by atoms with Crippen LogP contribution in [0.5, 0.6) is 0 Å². The van der Waals surface area contributed by atoms with Gasteiger partial charge in [-0.3, -0.25) is 0 Å². The van der Waals surface area contributed by atoms with Crippen LogP contribution in [0.15, 0.2) is 4.90 Å². The van der Waals surface area contributed by atoms with Gasteiger partial charge in [0.15, 0.2) is 15.7 Å². The Labute approximate surface area is 105 Å². The average molecular weight is 273 g/mol. The lowest BCUT2D eigenvalue weighted by atomic mass is 10.5. The molecule has 2 N–H and O–H groups in total. The van der Waals surface area contributed by atoms with Crippen molar-refractivity contribution in [1.82, 2.24) is 4.37 Å². The third-order valence-electron chi connectivity index (χ3n) is 3.32. The molecule has 0 bridgehead atoms. The van der Waals surface area contributed by atoms with Crippen LogP contribution in [0.3, 0.4) is 0 Å². The van der Waals surface area contributed by atoms with Gasteiger partial charge in [0.1, 0.15) is 9.90 Å². The number of nitrogens with zero attached hydrogens (tertiary/aromatic N) is 2. The minimum atomic E-state index is -3.25. The minimum absolute atomic E-state index is 0.171. The summed E-state index contributed by atoms with van der Waals surface area (Å²) in [5.74, 6) is 0.171. The van der Waals surface area contributed by atoms with Crippen LogP contribution in [-0.4, -0.2) is 31.1 Å². The lowest BCUT2D eigenvalue weighted by Crippen LogP contribution is -2.21. The maximum atomic E-state index is 12.3. The van der Waals surface area contributed by atoms with Crippen molar-refractivity contribution in [3.05, 3.63) is 0 Å². The first kappa shape index (κ1) is 11.3. The normalized spacial score (nSPS) is 20.5. The van der Waals surface area contributed by atoms with Gasteiger partial charge in [-0.1, -0.05) is 0 Å². The van der Waals surface area contributed by atoms with Gasteiger partial charge in [-0.25, -0.2) is 8.42 Å². The number of anilines is 2. The summed E-state index contributed by atoms with van der Waals surface area (Å²) in [6, 6.07) is 0.461. The summed E-state index contributed by atoms with van der Waals surface area (Å²) in [7, 11) is -1.33. The second kappa shape index (κ2) is 3.58. The van der Waals surface area contributed by atoms with Crippen LogP contribution in [-0.2, 0) is 9.84 Å². The molecular weight excluding hydrogens is 258 g/mol. The molecule has 2 saturated carbocycles. The third-order valence-corrected chi connectivity index (χ3v) is 6.72. The zero-order valence-electron chi connectivity index (χ0n) is 9.59. The zero-order chi connectivity index (χ0) is 12.2. The molecule has 2 aliphatic rings. The van der Waals surface area contributed by atoms with Crippen molar-refractivity contribution < 1.29 is 8.42 Å². The molecular formula is C10H15N3O2S2. The van der Waals surface area contributed by atoms with Gasteiger partial charge in [-0.2, -0.15) is 4.37 Å². The number of rotatable bonds is 4. The van der Waals surface area contributed by atoms with E-state index >= 15 is 0 Å². The van der Waals surface area contributed by atoms with E-state index in [2.05, 4.69) is 4.37 Å². The molecule has 1 aromatic heterocycles. The number of hydrogen-bond acceptors (Lipinski definition) is 6. The highest BCUT2D eigenvalue weighted by atomic mass is 32.2. The maximum Gasteiger partial charge on any atom is 0.187 e. The molecule has 1 aromatic rings. The molecule has 94 valence electrons. The number of sulfone groups is 1. The van der Waals surface area contributed by atoms with Crippen LogP contribution >= 0.6 is 11.5 Å². The molecule has 0 atom stereocenters. The van der Waals surface area contributed by atoms with Crippen LogP contribution in [0, 0.1) is 0 Å². The SMILES string of the molecule is CN(c1snc(N)c1S(=O)(=O)C1CC1)C1CC1. The fourth-order valence-corrected chi connectivity index (χ4v) is 5.02. The second-order valence-corrected chi connectivity index (χ2v) is 7.71. The molecule has 0 amide bonds. The predicted octanol–water partition coefficient (Wildman–Crippen LogP) is 1.26. The topological polar surface area (TPSA) is 76.3 Å². The average Bonchev–Trinajstić information content (AvgIpc) is 3.14. The van der Waals surface area contributed by atoms with Crippen molar-refractivity contribution in [2.75, 3.05) is 17.7 Å². The molecule has 0 aliphatic heterocycles. The second-order valence-electron chi connectivity index (χ2n) is 4.79. The number of aromatic nitrogens is 1. The number of nitrogens with two attached hydrogens (primary N) is 1. The van der Waals surface area contributed by atoms with Gasteiger partial charge >= 0.3 is 0 Å². The predicted molar refractivity (Wildman–Crippen MR) is 68.2 cm³/mol. The van der Waals surface area contributed by atoms with Crippen molar-refractivity contribution in [1.29, 1.82) is 0 Å². The summed E-state index contributed by atoms with van der Waals surface area (Å²) >= 11 is 1.20. The Kier molecular flexibility index (Phi) is 2.38. The quantitative estimate of drug-likeness (QED) is 0.893. The zero-order valence-corrected chi connectivity index (χ0v) is 11.2. The summed E-state index contributed by atoms with van der Waals surface area (Å²) in [6.45, 7) is 0. The van der Waals surface area contributed by atoms with Gasteiger partial charge in [0.25, 0.3) is 0 Å². The number of nitrogen functional groups attached to an aromatic ring is 1. The van der Waals surface area contributed by atoms with Crippen molar-refractivity contribution in [3.63, 3.8) is 0 Å². The van der Waals surface area contributed by atoms with Crippen molar-refractivity contribution >= 4 is 32.2 Å². The fraction of sp³-hybridized carbons (Fsp3) is 0.700. The fourth-order valence-electron chi connectivity index (χ4n) is 1.95. The molecule has 17 heavy (non-hydrogen) atoms. The molecule has 3 rings (SSSR count). The molecule has 0 unspecified atom stereocenters. The van der Waals surface area contributed by atoms with Gasteiger partial charge in [0.05, 0.1) is 5.25 Å². The Bertz CT molecular complexity index is 544. The Morgan fingerprint density at radius 3 is 2.53 bits per heavy atom. The van der Waals surface area contributed by atoms with Crippen molar-refractivity contribution in [2.24, 2.45) is 0 Å². The first-order chi connectivity index (χ1) is 8.01. The Morgan fingerprint density at radius 2 is 2.00 bits per heavy atom. The largest absolute Gasteiger partial charge is 0.382 e. The van der Waals surface area contributed by atoms with Gasteiger partial charge in [-0.05, 0) is 37.2 Å². The van der Waals surface area contributed by atoms with E-state index in [-0.39, 0.29) is 16.0 Å². The van der Waals surface area contributed by atoms with E-state index in [0.29, 0.717) is 6.04 Å². The Hall–Kier alpha value is -0.820. The standard InChI is InChI=1S/C10H15N3O2S2/c1-13(6-2-3-6)10-8(9(11)12-16-10)17(14,15)7-4-5-7/h6-7H,2-5H2,1H3,(H2,11,12). The lowest BCUT2D eigenvalue weighted by Gasteiger charge is -2.17. The molecule has 2 fully saturated rings. The van der Waals surface area contributed by atoms with E-state index in [4.69, 9.17) is 5.73 Å². The molecule has 0 aromatic carbocycles. The van der Waals surface area contributed by atoms with E-state index in [0.717, 1.165) is 30.7 Å².